The summed E-state index contributed by atoms with van der Waals surface area (Å²) in [6.07, 6.45) is 1.66. The molecule has 1 aliphatic rings. The van der Waals surface area contributed by atoms with Gasteiger partial charge < -0.3 is 9.84 Å². The zero-order valence-corrected chi connectivity index (χ0v) is 14.5. The Morgan fingerprint density at radius 3 is 2.62 bits per heavy atom. The van der Waals surface area contributed by atoms with Crippen molar-refractivity contribution in [2.45, 2.75) is 24.7 Å². The minimum atomic E-state index is -3.67. The molecule has 1 N–H and O–H groups in total. The van der Waals surface area contributed by atoms with Gasteiger partial charge in [-0.2, -0.15) is 4.31 Å². The third-order valence-corrected chi connectivity index (χ3v) is 6.10. The molecular weight excluding hydrogens is 354 g/mol. The van der Waals surface area contributed by atoms with E-state index in [1.54, 1.807) is 6.92 Å². The molecule has 9 heteroatoms. The van der Waals surface area contributed by atoms with Crippen LogP contribution in [-0.2, 0) is 10.0 Å². The molecule has 3 rings (SSSR count). The number of aromatic nitrogens is 1. The van der Waals surface area contributed by atoms with E-state index in [4.69, 9.17) is 16.1 Å². The fourth-order valence-electron chi connectivity index (χ4n) is 2.51. The molecular formula is C15H16ClN3O4S. The molecule has 0 spiro atoms. The summed E-state index contributed by atoms with van der Waals surface area (Å²) < 4.78 is 31.6. The SMILES string of the molecule is Cc1cc(C(=O)Nc2ccc(Cl)c(S(=O)(=O)N3CCCC3)c2)on1. The number of rotatable bonds is 4. The van der Waals surface area contributed by atoms with Gasteiger partial charge in [-0.25, -0.2) is 8.42 Å². The number of nitrogens with zero attached hydrogens (tertiary/aromatic N) is 2. The van der Waals surface area contributed by atoms with Gasteiger partial charge in [-0.1, -0.05) is 16.8 Å². The average molecular weight is 370 g/mol. The smallest absolute Gasteiger partial charge is 0.294 e. The number of hydrogen-bond acceptors (Lipinski definition) is 5. The highest BCUT2D eigenvalue weighted by Crippen LogP contribution is 2.29. The normalized spacial score (nSPS) is 15.6. The maximum absolute atomic E-state index is 12.7. The molecule has 0 bridgehead atoms. The summed E-state index contributed by atoms with van der Waals surface area (Å²) >= 11 is 6.07. The minimum absolute atomic E-state index is 0.0161. The highest BCUT2D eigenvalue weighted by Gasteiger charge is 2.29. The van der Waals surface area contributed by atoms with Crippen LogP contribution in [0.15, 0.2) is 33.7 Å². The van der Waals surface area contributed by atoms with Gasteiger partial charge in [0.05, 0.1) is 10.7 Å². The first-order valence-corrected chi connectivity index (χ1v) is 9.24. The molecule has 1 amide bonds. The van der Waals surface area contributed by atoms with Crippen molar-refractivity contribution in [3.8, 4) is 0 Å². The van der Waals surface area contributed by atoms with E-state index in [0.29, 0.717) is 24.5 Å². The molecule has 0 atom stereocenters. The first-order chi connectivity index (χ1) is 11.4. The van der Waals surface area contributed by atoms with Gasteiger partial charge in [-0.15, -0.1) is 0 Å². The molecule has 1 fully saturated rings. The predicted octanol–water partition coefficient (Wildman–Crippen LogP) is 2.67. The van der Waals surface area contributed by atoms with Crippen LogP contribution in [0.2, 0.25) is 5.02 Å². The summed E-state index contributed by atoms with van der Waals surface area (Å²) in [7, 11) is -3.67. The lowest BCUT2D eigenvalue weighted by molar-refractivity contribution is 0.0988. The van der Waals surface area contributed by atoms with Gasteiger partial charge in [0.25, 0.3) is 5.91 Å². The summed E-state index contributed by atoms with van der Waals surface area (Å²) in [4.78, 5) is 12.1. The second-order valence-electron chi connectivity index (χ2n) is 5.54. The van der Waals surface area contributed by atoms with E-state index in [2.05, 4.69) is 10.5 Å². The van der Waals surface area contributed by atoms with Gasteiger partial charge in [-0.05, 0) is 38.0 Å². The minimum Gasteiger partial charge on any atom is -0.351 e. The molecule has 0 unspecified atom stereocenters. The maximum Gasteiger partial charge on any atom is 0.294 e. The first kappa shape index (κ1) is 16.9. The van der Waals surface area contributed by atoms with Crippen LogP contribution >= 0.6 is 11.6 Å². The monoisotopic (exact) mass is 369 g/mol. The van der Waals surface area contributed by atoms with E-state index in [1.807, 2.05) is 0 Å². The van der Waals surface area contributed by atoms with Crippen molar-refractivity contribution in [3.63, 3.8) is 0 Å². The molecule has 0 radical (unpaired) electrons. The van der Waals surface area contributed by atoms with E-state index in [0.717, 1.165) is 12.8 Å². The van der Waals surface area contributed by atoms with Crippen LogP contribution in [0, 0.1) is 6.92 Å². The van der Waals surface area contributed by atoms with E-state index in [1.165, 1.54) is 28.6 Å². The van der Waals surface area contributed by atoms with Crippen LogP contribution in [0.25, 0.3) is 0 Å². The molecule has 2 heterocycles. The highest BCUT2D eigenvalue weighted by atomic mass is 35.5. The van der Waals surface area contributed by atoms with Gasteiger partial charge in [0, 0.05) is 24.8 Å². The number of sulfonamides is 1. The number of nitrogens with one attached hydrogen (secondary N) is 1. The van der Waals surface area contributed by atoms with Crippen molar-refractivity contribution < 1.29 is 17.7 Å². The van der Waals surface area contributed by atoms with Gasteiger partial charge >= 0.3 is 0 Å². The van der Waals surface area contributed by atoms with E-state index in [9.17, 15) is 13.2 Å². The molecule has 1 saturated heterocycles. The molecule has 0 aliphatic carbocycles. The first-order valence-electron chi connectivity index (χ1n) is 7.42. The van der Waals surface area contributed by atoms with Crippen LogP contribution in [0.4, 0.5) is 5.69 Å². The molecule has 7 nitrogen and oxygen atoms in total. The number of amides is 1. The molecule has 1 aliphatic heterocycles. The number of halogens is 1. The zero-order chi connectivity index (χ0) is 17.3. The Balaban J connectivity index is 1.87. The lowest BCUT2D eigenvalue weighted by Gasteiger charge is -2.17. The lowest BCUT2D eigenvalue weighted by atomic mass is 10.3. The standard InChI is InChI=1S/C15H16ClN3O4S/c1-10-8-13(23-18-10)15(20)17-11-4-5-12(16)14(9-11)24(21,22)19-6-2-3-7-19/h4-5,8-9H,2-3,6-7H2,1H3,(H,17,20). The van der Waals surface area contributed by atoms with Crippen molar-refractivity contribution in [2.24, 2.45) is 0 Å². The van der Waals surface area contributed by atoms with Crippen molar-refractivity contribution in [1.82, 2.24) is 9.46 Å². The van der Waals surface area contributed by atoms with Crippen molar-refractivity contribution in [3.05, 3.63) is 40.7 Å². The fourth-order valence-corrected chi connectivity index (χ4v) is 4.53. The summed E-state index contributed by atoms with van der Waals surface area (Å²) in [5.74, 6) is -0.464. The highest BCUT2D eigenvalue weighted by molar-refractivity contribution is 7.89. The van der Waals surface area contributed by atoms with Crippen LogP contribution in [0.5, 0.6) is 0 Å². The quantitative estimate of drug-likeness (QED) is 0.894. The van der Waals surface area contributed by atoms with Crippen LogP contribution in [0.1, 0.15) is 29.1 Å². The molecule has 0 saturated carbocycles. The predicted molar refractivity (Wildman–Crippen MR) is 88.6 cm³/mol. The molecule has 1 aromatic carbocycles. The van der Waals surface area contributed by atoms with Crippen molar-refractivity contribution >= 4 is 33.2 Å². The number of carbonyl (C=O) groups is 1. The molecule has 24 heavy (non-hydrogen) atoms. The number of anilines is 1. The number of benzene rings is 1. The summed E-state index contributed by atoms with van der Waals surface area (Å²) in [6, 6.07) is 5.84. The molecule has 128 valence electrons. The van der Waals surface area contributed by atoms with E-state index in [-0.39, 0.29) is 15.7 Å². The topological polar surface area (TPSA) is 92.5 Å². The van der Waals surface area contributed by atoms with Crippen molar-refractivity contribution in [2.75, 3.05) is 18.4 Å². The van der Waals surface area contributed by atoms with Gasteiger partial charge in [0.2, 0.25) is 15.8 Å². The number of carbonyl (C=O) groups excluding carboxylic acids is 1. The Hall–Kier alpha value is -1.90. The van der Waals surface area contributed by atoms with Gasteiger partial charge in [0.15, 0.2) is 0 Å². The zero-order valence-electron chi connectivity index (χ0n) is 13.0. The van der Waals surface area contributed by atoms with Gasteiger partial charge in [-0.3, -0.25) is 4.79 Å². The number of hydrogen-bond donors (Lipinski definition) is 1. The molecule has 2 aromatic rings. The third-order valence-electron chi connectivity index (χ3n) is 3.72. The Morgan fingerprint density at radius 1 is 1.29 bits per heavy atom. The summed E-state index contributed by atoms with van der Waals surface area (Å²) in [5, 5.41) is 6.35. The Bertz CT molecular complexity index is 873. The molecule has 1 aromatic heterocycles. The second-order valence-corrected chi connectivity index (χ2v) is 7.86. The van der Waals surface area contributed by atoms with Crippen LogP contribution in [0.3, 0.4) is 0 Å². The van der Waals surface area contributed by atoms with Crippen LogP contribution in [-0.4, -0.2) is 36.9 Å². The number of aryl methyl sites for hydroxylation is 1. The lowest BCUT2D eigenvalue weighted by Crippen LogP contribution is -2.28. The Morgan fingerprint density at radius 2 is 2.00 bits per heavy atom. The van der Waals surface area contributed by atoms with Gasteiger partial charge in [0.1, 0.15) is 4.90 Å². The van der Waals surface area contributed by atoms with E-state index < -0.39 is 15.9 Å². The second kappa shape index (κ2) is 6.54. The maximum atomic E-state index is 12.7. The summed E-state index contributed by atoms with van der Waals surface area (Å²) in [6.45, 7) is 2.66. The van der Waals surface area contributed by atoms with Crippen molar-refractivity contribution in [1.29, 1.82) is 0 Å². The fraction of sp³-hybridized carbons (Fsp3) is 0.333. The largest absolute Gasteiger partial charge is 0.351 e. The average Bonchev–Trinajstić information content (AvgIpc) is 3.20. The van der Waals surface area contributed by atoms with Crippen LogP contribution < -0.4 is 5.32 Å². The Labute approximate surface area is 144 Å². The Kier molecular flexibility index (Phi) is 4.62. The summed E-state index contributed by atoms with van der Waals surface area (Å²) in [5.41, 5.74) is 0.893. The third kappa shape index (κ3) is 3.31. The van der Waals surface area contributed by atoms with E-state index >= 15 is 0 Å².